The Hall–Kier alpha value is -0.747. The van der Waals surface area contributed by atoms with E-state index in [1.54, 1.807) is 12.1 Å². The molecule has 0 nitrogen and oxygen atoms in total. The van der Waals surface area contributed by atoms with Crippen LogP contribution in [-0.4, -0.2) is 4.21 Å². The topological polar surface area (TPSA) is 0 Å². The number of benzene rings is 2. The van der Waals surface area contributed by atoms with Gasteiger partial charge in [0, 0.05) is 0 Å². The molecule has 1 unspecified atom stereocenters. The first-order valence-corrected chi connectivity index (χ1v) is 19.3. The second-order valence-corrected chi connectivity index (χ2v) is 26.6. The fraction of sp³-hybridized carbons (Fsp3) is 0.346. The van der Waals surface area contributed by atoms with Crippen molar-refractivity contribution in [1.82, 2.24) is 0 Å². The molecule has 0 saturated heterocycles. The van der Waals surface area contributed by atoms with Crippen LogP contribution in [0.15, 0.2) is 63.5 Å². The zero-order valence-electron chi connectivity index (χ0n) is 18.5. The van der Waals surface area contributed by atoms with Crippen LogP contribution in [-0.2, 0) is 24.7 Å². The van der Waals surface area contributed by atoms with Gasteiger partial charge >= 0.3 is 166 Å². The predicted molar refractivity (Wildman–Crippen MR) is 132 cm³/mol. The van der Waals surface area contributed by atoms with E-state index in [9.17, 15) is 0 Å². The van der Waals surface area contributed by atoms with E-state index in [-0.39, 0.29) is 30.2 Å². The van der Waals surface area contributed by atoms with Crippen molar-refractivity contribution in [3.8, 4) is 11.1 Å². The van der Waals surface area contributed by atoms with Crippen LogP contribution in [0.3, 0.4) is 0 Å². The molecule has 0 radical (unpaired) electrons. The molecule has 0 bridgehead atoms. The van der Waals surface area contributed by atoms with E-state index in [4.69, 9.17) is 4.21 Å². The zero-order chi connectivity index (χ0) is 19.6. The molecule has 1 atom stereocenters. The Morgan fingerprint density at radius 1 is 0.931 bits per heavy atom. The van der Waals surface area contributed by atoms with Gasteiger partial charge in [-0.25, -0.2) is 0 Å². The molecule has 0 N–H and O–H groups in total. The average molecular weight is 509 g/mol. The molecule has 2 aliphatic carbocycles. The van der Waals surface area contributed by atoms with Gasteiger partial charge in [0.1, 0.15) is 0 Å². The van der Waals surface area contributed by atoms with Crippen molar-refractivity contribution in [2.45, 2.75) is 43.4 Å². The second kappa shape index (κ2) is 7.74. The van der Waals surface area contributed by atoms with Crippen molar-refractivity contribution in [3.05, 3.63) is 74.6 Å². The Balaban J connectivity index is 0.00000150. The van der Waals surface area contributed by atoms with Crippen molar-refractivity contribution in [1.29, 1.82) is 0 Å². The molecule has 2 aromatic carbocycles. The van der Waals surface area contributed by atoms with E-state index < -0.39 is 18.3 Å². The van der Waals surface area contributed by atoms with Gasteiger partial charge in [0.2, 0.25) is 0 Å². The minimum atomic E-state index is -3.54. The van der Waals surface area contributed by atoms with E-state index in [1.165, 1.54) is 22.3 Å². The van der Waals surface area contributed by atoms with Crippen LogP contribution in [0.5, 0.6) is 0 Å². The minimum absolute atomic E-state index is 0. The van der Waals surface area contributed by atoms with Gasteiger partial charge in [0.05, 0.1) is 0 Å². The molecule has 0 aromatic heterocycles. The third-order valence-electron chi connectivity index (χ3n) is 6.74. The first kappa shape index (κ1) is 24.5. The third-order valence-corrected chi connectivity index (χ3v) is 18.2. The summed E-state index contributed by atoms with van der Waals surface area (Å²) in [4.78, 5) is 0. The van der Waals surface area contributed by atoms with Crippen molar-refractivity contribution < 1.29 is 18.3 Å². The first-order valence-electron chi connectivity index (χ1n) is 10.2. The molecule has 0 fully saturated rings. The summed E-state index contributed by atoms with van der Waals surface area (Å²) in [5.41, 5.74) is 7.54. The average Bonchev–Trinajstić information content (AvgIpc) is 3.15. The Labute approximate surface area is 189 Å². The van der Waals surface area contributed by atoms with E-state index in [0.717, 1.165) is 6.42 Å². The van der Waals surface area contributed by atoms with Crippen LogP contribution in [0, 0.1) is 11.3 Å². The number of halogens is 2. The van der Waals surface area contributed by atoms with E-state index in [1.807, 2.05) is 0 Å². The molecule has 3 heteroatoms. The maximum atomic E-state index is 5.07. The Kier molecular flexibility index (Phi) is 6.55. The van der Waals surface area contributed by atoms with Crippen LogP contribution in [0.1, 0.15) is 38.8 Å². The quantitative estimate of drug-likeness (QED) is 0.337. The summed E-state index contributed by atoms with van der Waals surface area (Å²) in [6.45, 7) is 9.33. The van der Waals surface area contributed by atoms with Crippen LogP contribution in [0.2, 0.25) is 9.26 Å². The Morgan fingerprint density at radius 2 is 1.55 bits per heavy atom. The zero-order valence-corrected chi connectivity index (χ0v) is 22.6. The second-order valence-electron chi connectivity index (χ2n) is 10.6. The summed E-state index contributed by atoms with van der Waals surface area (Å²) in [6.07, 6.45) is 6.06. The number of allylic oxidation sites excluding steroid dienone is 4. The fourth-order valence-corrected chi connectivity index (χ4v) is 15.8. The van der Waals surface area contributed by atoms with Crippen LogP contribution >= 0.6 is 24.8 Å². The molecular formula is C26H34Cl2Zr. The SMILES string of the molecule is Cl.Cl.[CH2]=[Zr]([CH3])([CH3])([C]1=CC(C(C)(C)C)=CC1C)[c]1cccc2c1Cc1ccccc1-2. The summed E-state index contributed by atoms with van der Waals surface area (Å²) in [7, 11) is 0. The first-order chi connectivity index (χ1) is 12.5. The summed E-state index contributed by atoms with van der Waals surface area (Å²) in [5, 5.41) is 0. The molecular weight excluding hydrogens is 474 g/mol. The van der Waals surface area contributed by atoms with Gasteiger partial charge in [-0.15, -0.1) is 24.8 Å². The predicted octanol–water partition coefficient (Wildman–Crippen LogP) is 7.45. The molecule has 29 heavy (non-hydrogen) atoms. The van der Waals surface area contributed by atoms with E-state index in [2.05, 4.69) is 91.6 Å². The number of hydrogen-bond acceptors (Lipinski definition) is 0. The number of rotatable bonds is 2. The molecule has 4 rings (SSSR count). The van der Waals surface area contributed by atoms with Crippen molar-refractivity contribution >= 4 is 32.3 Å². The van der Waals surface area contributed by atoms with Crippen LogP contribution < -0.4 is 3.27 Å². The Bertz CT molecular complexity index is 1070. The fourth-order valence-electron chi connectivity index (χ4n) is 5.20. The van der Waals surface area contributed by atoms with E-state index in [0.29, 0.717) is 5.92 Å². The molecule has 0 aliphatic heterocycles. The standard InChI is InChI=1S/C13H9.C10H15.2CH3.CH2.2ClH.Zr/c1-3-7-12-10(5-1)9-11-6-2-4-8-13(11)12;1-8-5-6-9(7-8)10(2,3)4;;;;;;/h1-5,7-8H,9H2;6-8H,1-4H3;2*1H3;1H2;2*1H;. The van der Waals surface area contributed by atoms with Crippen molar-refractivity contribution in [2.24, 2.45) is 11.3 Å². The Morgan fingerprint density at radius 3 is 2.17 bits per heavy atom. The summed E-state index contributed by atoms with van der Waals surface area (Å²) in [6, 6.07) is 15.9. The molecule has 0 spiro atoms. The summed E-state index contributed by atoms with van der Waals surface area (Å²) >= 11 is -3.54. The normalized spacial score (nSPS) is 18.1. The third kappa shape index (κ3) is 3.96. The summed E-state index contributed by atoms with van der Waals surface area (Å²) in [5.74, 6) is 0.497. The van der Waals surface area contributed by atoms with Gasteiger partial charge in [-0.1, -0.05) is 0 Å². The van der Waals surface area contributed by atoms with Crippen LogP contribution in [0.4, 0.5) is 0 Å². The molecule has 0 saturated carbocycles. The van der Waals surface area contributed by atoms with Crippen molar-refractivity contribution in [2.75, 3.05) is 0 Å². The molecule has 0 heterocycles. The van der Waals surface area contributed by atoms with Gasteiger partial charge < -0.3 is 0 Å². The molecule has 2 aromatic rings. The summed E-state index contributed by atoms with van der Waals surface area (Å²) < 4.78 is 13.3. The number of hydrogen-bond donors (Lipinski definition) is 0. The molecule has 0 amide bonds. The van der Waals surface area contributed by atoms with Gasteiger partial charge in [-0.3, -0.25) is 0 Å². The molecule has 156 valence electrons. The van der Waals surface area contributed by atoms with E-state index >= 15 is 0 Å². The van der Waals surface area contributed by atoms with Gasteiger partial charge in [-0.2, -0.15) is 0 Å². The van der Waals surface area contributed by atoms with Gasteiger partial charge in [0.25, 0.3) is 0 Å². The molecule has 2 aliphatic rings. The number of fused-ring (bicyclic) bond motifs is 3. The monoisotopic (exact) mass is 506 g/mol. The van der Waals surface area contributed by atoms with Crippen LogP contribution in [0.25, 0.3) is 11.1 Å². The van der Waals surface area contributed by atoms with Crippen molar-refractivity contribution in [3.63, 3.8) is 0 Å². The maximum absolute atomic E-state index is 5.07. The van der Waals surface area contributed by atoms with Gasteiger partial charge in [0.15, 0.2) is 0 Å². The van der Waals surface area contributed by atoms with Gasteiger partial charge in [-0.05, 0) is 0 Å².